The highest BCUT2D eigenvalue weighted by Gasteiger charge is 2.10. The number of benzene rings is 2. The van der Waals surface area contributed by atoms with Crippen molar-refractivity contribution in [3.05, 3.63) is 62.9 Å². The van der Waals surface area contributed by atoms with Crippen LogP contribution in [0.1, 0.15) is 5.56 Å². The lowest BCUT2D eigenvalue weighted by Crippen LogP contribution is -2.20. The van der Waals surface area contributed by atoms with E-state index >= 15 is 0 Å². The second-order valence-corrected chi connectivity index (χ2v) is 5.74. The predicted molar refractivity (Wildman–Crippen MR) is 84.9 cm³/mol. The lowest BCUT2D eigenvalue weighted by molar-refractivity contribution is 0.895. The van der Waals surface area contributed by atoms with E-state index < -0.39 is 0 Å². The number of fused-ring (bicyclic) bond motifs is 1. The zero-order valence-corrected chi connectivity index (χ0v) is 12.8. The maximum atomic E-state index is 12.5. The molecule has 3 nitrogen and oxygen atoms in total. The van der Waals surface area contributed by atoms with Gasteiger partial charge in [-0.15, -0.1) is 0 Å². The average molecular weight is 329 g/mol. The Labute approximate surface area is 125 Å². The maximum absolute atomic E-state index is 12.5. The Morgan fingerprint density at radius 2 is 1.80 bits per heavy atom. The molecule has 0 fully saturated rings. The summed E-state index contributed by atoms with van der Waals surface area (Å²) in [5.74, 6) is 0. The standard InChI is InChI=1S/C16H13BrN2O/c1-10-3-5-11(6-4-10)15-16(20)19(2)14-9-12(17)7-8-13(14)18-15/h3-9H,1-2H3. The Hall–Kier alpha value is -1.94. The van der Waals surface area contributed by atoms with Gasteiger partial charge in [-0.25, -0.2) is 4.98 Å². The number of hydrogen-bond donors (Lipinski definition) is 0. The normalized spacial score (nSPS) is 10.9. The van der Waals surface area contributed by atoms with Crippen molar-refractivity contribution in [3.63, 3.8) is 0 Å². The fourth-order valence-corrected chi connectivity index (χ4v) is 2.54. The summed E-state index contributed by atoms with van der Waals surface area (Å²) in [5, 5.41) is 0. The van der Waals surface area contributed by atoms with E-state index in [2.05, 4.69) is 20.9 Å². The molecule has 0 N–H and O–H groups in total. The molecule has 3 rings (SSSR count). The second kappa shape index (κ2) is 4.87. The molecular formula is C16H13BrN2O. The highest BCUT2D eigenvalue weighted by Crippen LogP contribution is 2.20. The van der Waals surface area contributed by atoms with Gasteiger partial charge in [0.05, 0.1) is 11.0 Å². The Morgan fingerprint density at radius 3 is 2.50 bits per heavy atom. The maximum Gasteiger partial charge on any atom is 0.277 e. The van der Waals surface area contributed by atoms with Crippen LogP contribution in [-0.2, 0) is 7.05 Å². The molecule has 0 radical (unpaired) electrons. The third-order valence-electron chi connectivity index (χ3n) is 3.36. The van der Waals surface area contributed by atoms with Crippen LogP contribution >= 0.6 is 15.9 Å². The Balaban J connectivity index is 2.32. The lowest BCUT2D eigenvalue weighted by atomic mass is 10.1. The van der Waals surface area contributed by atoms with Crippen molar-refractivity contribution in [2.45, 2.75) is 6.92 Å². The summed E-state index contributed by atoms with van der Waals surface area (Å²) in [6.07, 6.45) is 0. The number of hydrogen-bond acceptors (Lipinski definition) is 2. The third-order valence-corrected chi connectivity index (χ3v) is 3.86. The van der Waals surface area contributed by atoms with Crippen LogP contribution in [0.4, 0.5) is 0 Å². The van der Waals surface area contributed by atoms with Gasteiger partial charge in [0.1, 0.15) is 5.69 Å². The highest BCUT2D eigenvalue weighted by molar-refractivity contribution is 9.10. The fraction of sp³-hybridized carbons (Fsp3) is 0.125. The Kier molecular flexibility index (Phi) is 3.18. The topological polar surface area (TPSA) is 34.9 Å². The van der Waals surface area contributed by atoms with Gasteiger partial charge in [-0.05, 0) is 25.1 Å². The first kappa shape index (κ1) is 13.1. The predicted octanol–water partition coefficient (Wildman–Crippen LogP) is 3.67. The first-order chi connectivity index (χ1) is 9.56. The summed E-state index contributed by atoms with van der Waals surface area (Å²) in [6, 6.07) is 13.6. The first-order valence-corrected chi connectivity index (χ1v) is 7.09. The van der Waals surface area contributed by atoms with Crippen molar-refractivity contribution in [2.24, 2.45) is 7.05 Å². The van der Waals surface area contributed by atoms with Crippen molar-refractivity contribution in [1.29, 1.82) is 0 Å². The Bertz CT molecular complexity index is 851. The molecular weight excluding hydrogens is 316 g/mol. The van der Waals surface area contributed by atoms with E-state index in [0.717, 1.165) is 26.6 Å². The molecule has 4 heteroatoms. The molecule has 0 aliphatic rings. The van der Waals surface area contributed by atoms with Gasteiger partial charge in [0.15, 0.2) is 0 Å². The van der Waals surface area contributed by atoms with E-state index in [1.165, 1.54) is 0 Å². The van der Waals surface area contributed by atoms with Crippen molar-refractivity contribution < 1.29 is 0 Å². The third kappa shape index (κ3) is 2.16. The highest BCUT2D eigenvalue weighted by atomic mass is 79.9. The number of aryl methyl sites for hydroxylation is 2. The van der Waals surface area contributed by atoms with Crippen LogP contribution in [0.3, 0.4) is 0 Å². The molecule has 1 heterocycles. The van der Waals surface area contributed by atoms with Crippen molar-refractivity contribution in [2.75, 3.05) is 0 Å². The van der Waals surface area contributed by atoms with Gasteiger partial charge in [-0.1, -0.05) is 45.8 Å². The largest absolute Gasteiger partial charge is 0.308 e. The Morgan fingerprint density at radius 1 is 1.10 bits per heavy atom. The van der Waals surface area contributed by atoms with Gasteiger partial charge in [0.25, 0.3) is 5.56 Å². The SMILES string of the molecule is Cc1ccc(-c2nc3ccc(Br)cc3n(C)c2=O)cc1. The second-order valence-electron chi connectivity index (χ2n) is 4.82. The van der Waals surface area contributed by atoms with Crippen LogP contribution in [-0.4, -0.2) is 9.55 Å². The molecule has 0 bridgehead atoms. The minimum Gasteiger partial charge on any atom is -0.308 e. The molecule has 0 atom stereocenters. The van der Waals surface area contributed by atoms with E-state index in [9.17, 15) is 4.79 Å². The minimum atomic E-state index is -0.0838. The van der Waals surface area contributed by atoms with E-state index in [-0.39, 0.29) is 5.56 Å². The minimum absolute atomic E-state index is 0.0838. The summed E-state index contributed by atoms with van der Waals surface area (Å²) < 4.78 is 2.58. The molecule has 3 aromatic rings. The molecule has 0 saturated carbocycles. The number of halogens is 1. The number of aromatic nitrogens is 2. The van der Waals surface area contributed by atoms with Crippen LogP contribution < -0.4 is 5.56 Å². The van der Waals surface area contributed by atoms with Crippen molar-refractivity contribution >= 4 is 27.0 Å². The number of rotatable bonds is 1. The molecule has 0 saturated heterocycles. The van der Waals surface area contributed by atoms with Gasteiger partial charge in [0, 0.05) is 17.1 Å². The number of nitrogens with zero attached hydrogens (tertiary/aromatic N) is 2. The van der Waals surface area contributed by atoms with Gasteiger partial charge in [0.2, 0.25) is 0 Å². The van der Waals surface area contributed by atoms with E-state index in [1.54, 1.807) is 11.6 Å². The molecule has 0 spiro atoms. The summed E-state index contributed by atoms with van der Waals surface area (Å²) >= 11 is 3.42. The average Bonchev–Trinajstić information content (AvgIpc) is 2.44. The smallest absolute Gasteiger partial charge is 0.277 e. The van der Waals surface area contributed by atoms with Crippen LogP contribution in [0.2, 0.25) is 0 Å². The zero-order chi connectivity index (χ0) is 14.3. The van der Waals surface area contributed by atoms with E-state index in [0.29, 0.717) is 5.69 Å². The lowest BCUT2D eigenvalue weighted by Gasteiger charge is -2.08. The van der Waals surface area contributed by atoms with Gasteiger partial charge in [-0.3, -0.25) is 4.79 Å². The van der Waals surface area contributed by atoms with Crippen molar-refractivity contribution in [3.8, 4) is 11.3 Å². The molecule has 0 amide bonds. The van der Waals surface area contributed by atoms with Crippen LogP contribution in [0.25, 0.3) is 22.3 Å². The monoisotopic (exact) mass is 328 g/mol. The molecule has 100 valence electrons. The van der Waals surface area contributed by atoms with Crippen LogP contribution in [0, 0.1) is 6.92 Å². The van der Waals surface area contributed by atoms with Gasteiger partial charge < -0.3 is 4.57 Å². The summed E-state index contributed by atoms with van der Waals surface area (Å²) in [6.45, 7) is 2.02. The van der Waals surface area contributed by atoms with Crippen LogP contribution in [0.5, 0.6) is 0 Å². The zero-order valence-electron chi connectivity index (χ0n) is 11.2. The summed E-state index contributed by atoms with van der Waals surface area (Å²) in [7, 11) is 1.77. The fourth-order valence-electron chi connectivity index (χ4n) is 2.20. The molecule has 0 unspecified atom stereocenters. The first-order valence-electron chi connectivity index (χ1n) is 6.29. The quantitative estimate of drug-likeness (QED) is 0.683. The van der Waals surface area contributed by atoms with E-state index in [1.807, 2.05) is 49.4 Å². The van der Waals surface area contributed by atoms with E-state index in [4.69, 9.17) is 0 Å². The van der Waals surface area contributed by atoms with Crippen LogP contribution in [0.15, 0.2) is 51.7 Å². The summed E-state index contributed by atoms with van der Waals surface area (Å²) in [5.41, 5.74) is 4.05. The molecule has 1 aromatic heterocycles. The van der Waals surface area contributed by atoms with Gasteiger partial charge >= 0.3 is 0 Å². The van der Waals surface area contributed by atoms with Gasteiger partial charge in [-0.2, -0.15) is 0 Å². The molecule has 0 aliphatic carbocycles. The molecule has 0 aliphatic heterocycles. The molecule has 2 aromatic carbocycles. The summed E-state index contributed by atoms with van der Waals surface area (Å²) in [4.78, 5) is 17.0. The molecule has 20 heavy (non-hydrogen) atoms. The van der Waals surface area contributed by atoms with Crippen molar-refractivity contribution in [1.82, 2.24) is 9.55 Å².